The summed E-state index contributed by atoms with van der Waals surface area (Å²) in [7, 11) is 1.90. The van der Waals surface area contributed by atoms with E-state index < -0.39 is 0 Å². The van der Waals surface area contributed by atoms with Gasteiger partial charge in [0.25, 0.3) is 0 Å². The van der Waals surface area contributed by atoms with Gasteiger partial charge in [-0.3, -0.25) is 4.68 Å². The maximum atomic E-state index is 6.38. The molecule has 1 aromatic heterocycles. The first kappa shape index (κ1) is 15.8. The Balaban J connectivity index is 2.14. The zero-order valence-electron chi connectivity index (χ0n) is 12.9. The summed E-state index contributed by atoms with van der Waals surface area (Å²) in [6.45, 7) is 8.31. The molecule has 3 atom stereocenters. The van der Waals surface area contributed by atoms with E-state index in [9.17, 15) is 0 Å². The van der Waals surface area contributed by atoms with Gasteiger partial charge < -0.3 is 10.1 Å². The number of halogens is 1. The fourth-order valence-corrected chi connectivity index (χ4v) is 3.36. The summed E-state index contributed by atoms with van der Waals surface area (Å²) in [6, 6.07) is 0.410. The highest BCUT2D eigenvalue weighted by atomic mass is 35.5. The Labute approximate surface area is 126 Å². The van der Waals surface area contributed by atoms with Gasteiger partial charge >= 0.3 is 0 Å². The van der Waals surface area contributed by atoms with E-state index in [0.29, 0.717) is 18.1 Å². The van der Waals surface area contributed by atoms with Crippen LogP contribution in [0.5, 0.6) is 0 Å². The molecule has 0 aromatic carbocycles. The summed E-state index contributed by atoms with van der Waals surface area (Å²) in [6.07, 6.45) is 3.51. The van der Waals surface area contributed by atoms with Crippen LogP contribution in [-0.4, -0.2) is 35.1 Å². The van der Waals surface area contributed by atoms with Crippen molar-refractivity contribution in [1.29, 1.82) is 0 Å². The molecule has 1 N–H and O–H groups in total. The first-order chi connectivity index (χ1) is 9.54. The van der Waals surface area contributed by atoms with Crippen molar-refractivity contribution >= 4 is 11.6 Å². The van der Waals surface area contributed by atoms with Gasteiger partial charge in [-0.1, -0.05) is 18.5 Å². The molecule has 2 rings (SSSR count). The largest absolute Gasteiger partial charge is 0.378 e. The standard InChI is InChI=1S/C15H26ClN3O/c1-5-7-17-14(12-6-8-20-11(12)3)9-13-10(2)18-19(4)15(13)16/h11-12,14,17H,5-9H2,1-4H3. The van der Waals surface area contributed by atoms with E-state index in [-0.39, 0.29) is 0 Å². The van der Waals surface area contributed by atoms with Crippen LogP contribution >= 0.6 is 11.6 Å². The van der Waals surface area contributed by atoms with Gasteiger partial charge in [0.15, 0.2) is 0 Å². The molecule has 1 aliphatic heterocycles. The minimum absolute atomic E-state index is 0.320. The van der Waals surface area contributed by atoms with Gasteiger partial charge in [-0.05, 0) is 39.7 Å². The Bertz CT molecular complexity index is 447. The van der Waals surface area contributed by atoms with Gasteiger partial charge in [-0.15, -0.1) is 0 Å². The molecule has 1 aliphatic rings. The van der Waals surface area contributed by atoms with Crippen molar-refractivity contribution in [1.82, 2.24) is 15.1 Å². The Morgan fingerprint density at radius 1 is 1.55 bits per heavy atom. The van der Waals surface area contributed by atoms with Crippen LogP contribution < -0.4 is 5.32 Å². The normalized spacial score (nSPS) is 24.2. The second kappa shape index (κ2) is 6.92. The minimum atomic E-state index is 0.320. The van der Waals surface area contributed by atoms with Crippen LogP contribution in [0.3, 0.4) is 0 Å². The van der Waals surface area contributed by atoms with E-state index in [2.05, 4.69) is 24.3 Å². The second-order valence-corrected chi connectivity index (χ2v) is 6.13. The monoisotopic (exact) mass is 299 g/mol. The molecule has 4 nitrogen and oxygen atoms in total. The Hall–Kier alpha value is -0.580. The van der Waals surface area contributed by atoms with Crippen molar-refractivity contribution in [2.45, 2.75) is 52.2 Å². The van der Waals surface area contributed by atoms with Crippen LogP contribution in [0.4, 0.5) is 0 Å². The van der Waals surface area contributed by atoms with Crippen LogP contribution in [-0.2, 0) is 18.2 Å². The molecule has 0 bridgehead atoms. The fraction of sp³-hybridized carbons (Fsp3) is 0.800. The van der Waals surface area contributed by atoms with Crippen molar-refractivity contribution in [2.24, 2.45) is 13.0 Å². The molecule has 0 amide bonds. The molecular formula is C15H26ClN3O. The van der Waals surface area contributed by atoms with Crippen LogP contribution in [0.2, 0.25) is 5.15 Å². The van der Waals surface area contributed by atoms with Gasteiger partial charge in [-0.25, -0.2) is 0 Å². The lowest BCUT2D eigenvalue weighted by molar-refractivity contribution is 0.0953. The quantitative estimate of drug-likeness (QED) is 0.878. The SMILES string of the molecule is CCCNC(Cc1c(C)nn(C)c1Cl)C1CCOC1C. The number of hydrogen-bond donors (Lipinski definition) is 1. The maximum Gasteiger partial charge on any atom is 0.130 e. The summed E-state index contributed by atoms with van der Waals surface area (Å²) in [4.78, 5) is 0. The molecule has 1 fully saturated rings. The number of aryl methyl sites for hydroxylation is 2. The molecule has 114 valence electrons. The van der Waals surface area contributed by atoms with Crippen molar-refractivity contribution in [3.05, 3.63) is 16.4 Å². The molecule has 3 unspecified atom stereocenters. The number of hydrogen-bond acceptors (Lipinski definition) is 3. The number of rotatable bonds is 6. The number of nitrogens with zero attached hydrogens (tertiary/aromatic N) is 2. The third-order valence-electron chi connectivity index (χ3n) is 4.30. The Kier molecular flexibility index (Phi) is 5.47. The van der Waals surface area contributed by atoms with E-state index in [0.717, 1.165) is 43.3 Å². The Morgan fingerprint density at radius 2 is 2.30 bits per heavy atom. The second-order valence-electron chi connectivity index (χ2n) is 5.77. The zero-order valence-corrected chi connectivity index (χ0v) is 13.7. The van der Waals surface area contributed by atoms with Crippen LogP contribution in [0.1, 0.15) is 37.9 Å². The third-order valence-corrected chi connectivity index (χ3v) is 4.77. The van der Waals surface area contributed by atoms with E-state index in [4.69, 9.17) is 16.3 Å². The van der Waals surface area contributed by atoms with E-state index in [1.54, 1.807) is 4.68 Å². The van der Waals surface area contributed by atoms with Crippen molar-refractivity contribution in [2.75, 3.05) is 13.2 Å². The fourth-order valence-electron chi connectivity index (χ4n) is 3.11. The predicted octanol–water partition coefficient (Wildman–Crippen LogP) is 2.72. The van der Waals surface area contributed by atoms with Gasteiger partial charge in [-0.2, -0.15) is 5.10 Å². The first-order valence-electron chi connectivity index (χ1n) is 7.57. The van der Waals surface area contributed by atoms with Gasteiger partial charge in [0.05, 0.1) is 11.8 Å². The lowest BCUT2D eigenvalue weighted by Crippen LogP contribution is -2.41. The molecular weight excluding hydrogens is 274 g/mol. The molecule has 1 aromatic rings. The first-order valence-corrected chi connectivity index (χ1v) is 7.95. The van der Waals surface area contributed by atoms with Crippen LogP contribution in [0, 0.1) is 12.8 Å². The lowest BCUT2D eigenvalue weighted by Gasteiger charge is -2.27. The number of aromatic nitrogens is 2. The van der Waals surface area contributed by atoms with Crippen LogP contribution in [0.15, 0.2) is 0 Å². The molecule has 5 heteroatoms. The van der Waals surface area contributed by atoms with Crippen LogP contribution in [0.25, 0.3) is 0 Å². The summed E-state index contributed by atoms with van der Waals surface area (Å²) >= 11 is 6.38. The lowest BCUT2D eigenvalue weighted by atomic mass is 9.89. The predicted molar refractivity (Wildman–Crippen MR) is 82.3 cm³/mol. The van der Waals surface area contributed by atoms with Crippen molar-refractivity contribution in [3.8, 4) is 0 Å². The van der Waals surface area contributed by atoms with Gasteiger partial charge in [0.1, 0.15) is 5.15 Å². The van der Waals surface area contributed by atoms with Crippen molar-refractivity contribution in [3.63, 3.8) is 0 Å². The topological polar surface area (TPSA) is 39.1 Å². The Morgan fingerprint density at radius 3 is 2.80 bits per heavy atom. The molecule has 0 spiro atoms. The number of nitrogens with one attached hydrogen (secondary N) is 1. The van der Waals surface area contributed by atoms with Gasteiger partial charge in [0, 0.05) is 31.2 Å². The summed E-state index contributed by atoms with van der Waals surface area (Å²) in [5.41, 5.74) is 2.20. The highest BCUT2D eigenvalue weighted by molar-refractivity contribution is 6.30. The third kappa shape index (κ3) is 3.35. The minimum Gasteiger partial charge on any atom is -0.378 e. The molecule has 20 heavy (non-hydrogen) atoms. The number of ether oxygens (including phenoxy) is 1. The summed E-state index contributed by atoms with van der Waals surface area (Å²) in [5.74, 6) is 0.553. The molecule has 1 saturated heterocycles. The van der Waals surface area contributed by atoms with E-state index >= 15 is 0 Å². The molecule has 0 radical (unpaired) electrons. The molecule has 0 saturated carbocycles. The highest BCUT2D eigenvalue weighted by Crippen LogP contribution is 2.28. The van der Waals surface area contributed by atoms with E-state index in [1.807, 2.05) is 14.0 Å². The van der Waals surface area contributed by atoms with Crippen molar-refractivity contribution < 1.29 is 4.74 Å². The average molecular weight is 300 g/mol. The summed E-state index contributed by atoms with van der Waals surface area (Å²) < 4.78 is 7.50. The highest BCUT2D eigenvalue weighted by Gasteiger charge is 2.32. The van der Waals surface area contributed by atoms with E-state index in [1.165, 1.54) is 5.56 Å². The molecule has 2 heterocycles. The summed E-state index contributed by atoms with van der Waals surface area (Å²) in [5, 5.41) is 8.86. The average Bonchev–Trinajstić information content (AvgIpc) is 2.93. The van der Waals surface area contributed by atoms with Gasteiger partial charge in [0.2, 0.25) is 0 Å². The molecule has 0 aliphatic carbocycles. The maximum absolute atomic E-state index is 6.38. The zero-order chi connectivity index (χ0) is 14.7. The smallest absolute Gasteiger partial charge is 0.130 e.